The molecule has 0 radical (unpaired) electrons. The number of rotatable bonds is 5. The highest BCUT2D eigenvalue weighted by Gasteiger charge is 2.34. The van der Waals surface area contributed by atoms with Crippen LogP contribution in [-0.2, 0) is 13.0 Å². The van der Waals surface area contributed by atoms with E-state index in [0.29, 0.717) is 12.1 Å². The van der Waals surface area contributed by atoms with Gasteiger partial charge in [0.25, 0.3) is 0 Å². The lowest BCUT2D eigenvalue weighted by Gasteiger charge is -2.43. The van der Waals surface area contributed by atoms with Crippen LogP contribution in [0, 0.1) is 0 Å². The molecule has 1 unspecified atom stereocenters. The number of pyridine rings is 2. The second-order valence-electron chi connectivity index (χ2n) is 9.25. The van der Waals surface area contributed by atoms with Crippen molar-refractivity contribution in [2.75, 3.05) is 14.1 Å². The van der Waals surface area contributed by atoms with Crippen molar-refractivity contribution in [3.8, 4) is 0 Å². The molecule has 0 bridgehead atoms. The van der Waals surface area contributed by atoms with Crippen molar-refractivity contribution in [1.29, 1.82) is 0 Å². The average Bonchev–Trinajstić information content (AvgIpc) is 3.20. The Hall–Kier alpha value is -2.24. The third-order valence-corrected chi connectivity index (χ3v) is 7.19. The van der Waals surface area contributed by atoms with Crippen LogP contribution in [0.1, 0.15) is 61.5 Å². The quantitative estimate of drug-likeness (QED) is 0.629. The van der Waals surface area contributed by atoms with Gasteiger partial charge in [-0.3, -0.25) is 9.88 Å². The highest BCUT2D eigenvalue weighted by atomic mass is 15.2. The lowest BCUT2D eigenvalue weighted by atomic mass is 9.85. The molecule has 158 valence electrons. The summed E-state index contributed by atoms with van der Waals surface area (Å²) in [5.41, 5.74) is 4.95. The summed E-state index contributed by atoms with van der Waals surface area (Å²) < 4.78 is 2.14. The number of hydrogen-bond acceptors (Lipinski definition) is 4. The van der Waals surface area contributed by atoms with Crippen molar-refractivity contribution < 1.29 is 0 Å². The first kappa shape index (κ1) is 19.7. The van der Waals surface area contributed by atoms with E-state index in [1.165, 1.54) is 55.5 Å². The largest absolute Gasteiger partial charge is 0.307 e. The van der Waals surface area contributed by atoms with Gasteiger partial charge in [0.1, 0.15) is 5.65 Å². The minimum absolute atomic E-state index is 0.403. The monoisotopic (exact) mass is 403 g/mol. The van der Waals surface area contributed by atoms with Gasteiger partial charge < -0.3 is 9.30 Å². The van der Waals surface area contributed by atoms with E-state index >= 15 is 0 Å². The Kier molecular flexibility index (Phi) is 5.57. The summed E-state index contributed by atoms with van der Waals surface area (Å²) in [6, 6.07) is 12.3. The van der Waals surface area contributed by atoms with Gasteiger partial charge in [0.15, 0.2) is 0 Å². The Labute approximate surface area is 179 Å². The molecule has 1 fully saturated rings. The van der Waals surface area contributed by atoms with Gasteiger partial charge in [0.2, 0.25) is 0 Å². The molecular weight excluding hydrogens is 370 g/mol. The molecule has 3 heterocycles. The first-order valence-electron chi connectivity index (χ1n) is 11.5. The van der Waals surface area contributed by atoms with Crippen molar-refractivity contribution in [2.45, 2.75) is 69.6 Å². The van der Waals surface area contributed by atoms with Crippen LogP contribution < -0.4 is 0 Å². The maximum atomic E-state index is 4.93. The van der Waals surface area contributed by atoms with Crippen molar-refractivity contribution in [3.05, 3.63) is 65.9 Å². The molecule has 2 aliphatic rings. The lowest BCUT2D eigenvalue weighted by molar-refractivity contribution is 0.0622. The minimum Gasteiger partial charge on any atom is -0.307 e. The van der Waals surface area contributed by atoms with E-state index in [1.807, 2.05) is 6.20 Å². The molecule has 30 heavy (non-hydrogen) atoms. The SMILES string of the molecule is CN(C)C1CCC(N(Cc2cn3ccccc3n2)C2CCCc3cccnc32)CC1. The maximum absolute atomic E-state index is 4.93. The van der Waals surface area contributed by atoms with Crippen LogP contribution >= 0.6 is 0 Å². The molecule has 1 atom stereocenters. The molecular formula is C25H33N5. The number of aryl methyl sites for hydroxylation is 1. The van der Waals surface area contributed by atoms with Gasteiger partial charge in [-0.05, 0) is 82.8 Å². The highest BCUT2D eigenvalue weighted by molar-refractivity contribution is 5.39. The maximum Gasteiger partial charge on any atom is 0.137 e. The fourth-order valence-corrected chi connectivity index (χ4v) is 5.56. The Bertz CT molecular complexity index is 953. The lowest BCUT2D eigenvalue weighted by Crippen LogP contribution is -2.44. The number of fused-ring (bicyclic) bond motifs is 2. The van der Waals surface area contributed by atoms with Crippen molar-refractivity contribution in [2.24, 2.45) is 0 Å². The Balaban J connectivity index is 1.45. The van der Waals surface area contributed by atoms with Crippen LogP contribution in [0.25, 0.3) is 5.65 Å². The Morgan fingerprint density at radius 2 is 1.83 bits per heavy atom. The summed E-state index contributed by atoms with van der Waals surface area (Å²) in [5.74, 6) is 0. The normalized spacial score (nSPS) is 24.5. The number of imidazole rings is 1. The topological polar surface area (TPSA) is 36.7 Å². The van der Waals surface area contributed by atoms with Crippen LogP contribution in [0.15, 0.2) is 48.9 Å². The molecule has 0 saturated heterocycles. The van der Waals surface area contributed by atoms with Gasteiger partial charge in [-0.25, -0.2) is 4.98 Å². The van der Waals surface area contributed by atoms with Crippen LogP contribution in [0.4, 0.5) is 0 Å². The summed E-state index contributed by atoms with van der Waals surface area (Å²) in [4.78, 5) is 15.0. The number of hydrogen-bond donors (Lipinski definition) is 0. The van der Waals surface area contributed by atoms with E-state index in [0.717, 1.165) is 24.7 Å². The second kappa shape index (κ2) is 8.48. The van der Waals surface area contributed by atoms with Gasteiger partial charge in [-0.15, -0.1) is 0 Å². The van der Waals surface area contributed by atoms with Crippen molar-refractivity contribution in [1.82, 2.24) is 24.2 Å². The number of aromatic nitrogens is 3. The first-order valence-corrected chi connectivity index (χ1v) is 11.5. The van der Waals surface area contributed by atoms with E-state index in [4.69, 9.17) is 9.97 Å². The van der Waals surface area contributed by atoms with E-state index in [-0.39, 0.29) is 0 Å². The molecule has 0 N–H and O–H groups in total. The van der Waals surface area contributed by atoms with Gasteiger partial charge >= 0.3 is 0 Å². The zero-order valence-corrected chi connectivity index (χ0v) is 18.2. The summed E-state index contributed by atoms with van der Waals surface area (Å²) in [5, 5.41) is 0. The number of nitrogens with zero attached hydrogens (tertiary/aromatic N) is 5. The molecule has 5 heteroatoms. The molecule has 1 saturated carbocycles. The predicted octanol–water partition coefficient (Wildman–Crippen LogP) is 4.48. The zero-order valence-electron chi connectivity index (χ0n) is 18.2. The standard InChI is InChI=1S/C25H33N5/c1-28(2)21-11-13-22(14-12-21)30(18-20-17-29-16-4-3-10-24(29)27-20)23-9-5-7-19-8-6-15-26-25(19)23/h3-4,6,8,10,15-17,21-23H,5,7,9,11-14,18H2,1-2H3. The van der Waals surface area contributed by atoms with Crippen LogP contribution in [-0.4, -0.2) is 50.3 Å². The highest BCUT2D eigenvalue weighted by Crippen LogP contribution is 2.38. The fraction of sp³-hybridized carbons (Fsp3) is 0.520. The third-order valence-electron chi connectivity index (χ3n) is 7.19. The molecule has 3 aromatic rings. The van der Waals surface area contributed by atoms with Crippen LogP contribution in [0.3, 0.4) is 0 Å². The zero-order chi connectivity index (χ0) is 20.5. The van der Waals surface area contributed by atoms with E-state index in [9.17, 15) is 0 Å². The molecule has 5 nitrogen and oxygen atoms in total. The van der Waals surface area contributed by atoms with Gasteiger partial charge in [0.05, 0.1) is 17.4 Å². The van der Waals surface area contributed by atoms with Crippen LogP contribution in [0.5, 0.6) is 0 Å². The minimum atomic E-state index is 0.403. The molecule has 2 aliphatic carbocycles. The Morgan fingerprint density at radius 1 is 1.00 bits per heavy atom. The fourth-order valence-electron chi connectivity index (χ4n) is 5.56. The first-order chi connectivity index (χ1) is 14.7. The van der Waals surface area contributed by atoms with Crippen molar-refractivity contribution in [3.63, 3.8) is 0 Å². The van der Waals surface area contributed by atoms with Crippen molar-refractivity contribution >= 4 is 5.65 Å². The average molecular weight is 404 g/mol. The molecule has 0 amide bonds. The second-order valence-corrected chi connectivity index (χ2v) is 9.25. The molecule has 0 aromatic carbocycles. The van der Waals surface area contributed by atoms with Crippen LogP contribution in [0.2, 0.25) is 0 Å². The van der Waals surface area contributed by atoms with Gasteiger partial charge in [0, 0.05) is 37.2 Å². The summed E-state index contributed by atoms with van der Waals surface area (Å²) in [7, 11) is 4.45. The van der Waals surface area contributed by atoms with E-state index < -0.39 is 0 Å². The molecule has 3 aromatic heterocycles. The molecule has 0 spiro atoms. The molecule has 0 aliphatic heterocycles. The predicted molar refractivity (Wildman–Crippen MR) is 120 cm³/mol. The van der Waals surface area contributed by atoms with E-state index in [1.54, 1.807) is 0 Å². The summed E-state index contributed by atoms with van der Waals surface area (Å²) in [6.45, 7) is 0.902. The Morgan fingerprint density at radius 3 is 2.63 bits per heavy atom. The summed E-state index contributed by atoms with van der Waals surface area (Å²) in [6.07, 6.45) is 15.0. The summed E-state index contributed by atoms with van der Waals surface area (Å²) >= 11 is 0. The molecule has 5 rings (SSSR count). The third kappa shape index (κ3) is 3.88. The van der Waals surface area contributed by atoms with Gasteiger partial charge in [-0.2, -0.15) is 0 Å². The van der Waals surface area contributed by atoms with E-state index in [2.05, 4.69) is 71.0 Å². The smallest absolute Gasteiger partial charge is 0.137 e. The van der Waals surface area contributed by atoms with Gasteiger partial charge in [-0.1, -0.05) is 12.1 Å².